The molecular weight excluding hydrogens is 414 g/mol. The largest absolute Gasteiger partial charge is 0.356 e. The van der Waals surface area contributed by atoms with E-state index in [1.54, 1.807) is 12.3 Å². The van der Waals surface area contributed by atoms with Crippen LogP contribution in [0.1, 0.15) is 28.5 Å². The number of carbonyl (C=O) groups is 1. The predicted molar refractivity (Wildman–Crippen MR) is 128 cm³/mol. The van der Waals surface area contributed by atoms with Gasteiger partial charge in [-0.05, 0) is 39.0 Å². The highest BCUT2D eigenvalue weighted by Gasteiger charge is 2.20. The van der Waals surface area contributed by atoms with E-state index in [4.69, 9.17) is 9.51 Å². The second kappa shape index (κ2) is 8.35. The van der Waals surface area contributed by atoms with Crippen molar-refractivity contribution in [1.82, 2.24) is 19.9 Å². The Labute approximate surface area is 191 Å². The van der Waals surface area contributed by atoms with E-state index in [-0.39, 0.29) is 5.91 Å². The van der Waals surface area contributed by atoms with Crippen LogP contribution in [0, 0.1) is 13.8 Å². The smallest absolute Gasteiger partial charge is 0.256 e. The summed E-state index contributed by atoms with van der Waals surface area (Å²) in [7, 11) is 0. The average molecular weight is 438 g/mol. The first-order valence-electron chi connectivity index (χ1n) is 10.8. The maximum absolute atomic E-state index is 13.5. The van der Waals surface area contributed by atoms with Crippen LogP contribution in [-0.4, -0.2) is 25.8 Å². The lowest BCUT2D eigenvalue weighted by atomic mass is 10.0. The summed E-state index contributed by atoms with van der Waals surface area (Å²) in [4.78, 5) is 18.4. The Kier molecular flexibility index (Phi) is 5.22. The summed E-state index contributed by atoms with van der Waals surface area (Å²) in [5, 5.41) is 12.2. The van der Waals surface area contributed by atoms with Gasteiger partial charge in [-0.3, -0.25) is 4.79 Å². The van der Waals surface area contributed by atoms with Crippen molar-refractivity contribution in [3.63, 3.8) is 0 Å². The van der Waals surface area contributed by atoms with E-state index in [2.05, 4.69) is 15.6 Å². The number of amides is 1. The molecule has 0 aliphatic carbocycles. The molecule has 0 aliphatic rings. The second-order valence-corrected chi connectivity index (χ2v) is 7.93. The molecule has 1 N–H and O–H groups in total. The number of hydrogen-bond donors (Lipinski definition) is 1. The number of anilines is 1. The topological polar surface area (TPSA) is 85.8 Å². The molecule has 0 unspecified atom stereocenters. The van der Waals surface area contributed by atoms with Gasteiger partial charge < -0.3 is 9.84 Å². The third-order valence-corrected chi connectivity index (χ3v) is 5.61. The van der Waals surface area contributed by atoms with Gasteiger partial charge in [0.1, 0.15) is 0 Å². The van der Waals surface area contributed by atoms with Gasteiger partial charge >= 0.3 is 0 Å². The van der Waals surface area contributed by atoms with Crippen LogP contribution in [-0.2, 0) is 6.54 Å². The van der Waals surface area contributed by atoms with Crippen LogP contribution in [0.15, 0.2) is 71.4 Å². The van der Waals surface area contributed by atoms with Crippen LogP contribution < -0.4 is 5.32 Å². The van der Waals surface area contributed by atoms with Gasteiger partial charge in [0, 0.05) is 29.4 Å². The molecule has 0 aliphatic heterocycles. The fraction of sp³-hybridized carbons (Fsp3) is 0.154. The van der Waals surface area contributed by atoms with E-state index >= 15 is 0 Å². The summed E-state index contributed by atoms with van der Waals surface area (Å²) in [6.45, 7) is 6.63. The lowest BCUT2D eigenvalue weighted by molar-refractivity contribution is 0.102. The van der Waals surface area contributed by atoms with Crippen molar-refractivity contribution in [2.45, 2.75) is 27.3 Å². The molecule has 7 nitrogen and oxygen atoms in total. The van der Waals surface area contributed by atoms with Gasteiger partial charge in [0.15, 0.2) is 11.4 Å². The zero-order chi connectivity index (χ0) is 22.9. The summed E-state index contributed by atoms with van der Waals surface area (Å²) in [6.07, 6.45) is 1.59. The molecule has 164 valence electrons. The van der Waals surface area contributed by atoms with Crippen molar-refractivity contribution < 1.29 is 9.32 Å². The van der Waals surface area contributed by atoms with E-state index in [1.165, 1.54) is 5.56 Å². The Hall–Kier alpha value is -4.26. The Morgan fingerprint density at radius 3 is 2.58 bits per heavy atom. The van der Waals surface area contributed by atoms with Gasteiger partial charge in [-0.15, -0.1) is 0 Å². The van der Waals surface area contributed by atoms with Gasteiger partial charge in [0.2, 0.25) is 0 Å². The summed E-state index contributed by atoms with van der Waals surface area (Å²) in [5.74, 6) is 0.420. The van der Waals surface area contributed by atoms with Crippen LogP contribution in [0.25, 0.3) is 33.6 Å². The Morgan fingerprint density at radius 1 is 1.03 bits per heavy atom. The van der Waals surface area contributed by atoms with Crippen molar-refractivity contribution >= 4 is 22.6 Å². The number of nitrogens with one attached hydrogen (secondary N) is 1. The molecule has 1 amide bonds. The molecule has 0 bridgehead atoms. The minimum absolute atomic E-state index is 0.218. The average Bonchev–Trinajstić information content (AvgIpc) is 3.47. The third-order valence-electron chi connectivity index (χ3n) is 5.61. The van der Waals surface area contributed by atoms with Crippen LogP contribution in [0.4, 0.5) is 5.69 Å². The number of pyridine rings is 1. The van der Waals surface area contributed by atoms with Gasteiger partial charge in [-0.2, -0.15) is 5.10 Å². The van der Waals surface area contributed by atoms with E-state index in [0.29, 0.717) is 29.2 Å². The SMILES string of the molecule is CCn1nc(C)c2c(C(=O)Nc3cccc(-c4ccno4)c3)cc(-c3ccc(C)cc3)nc21. The highest BCUT2D eigenvalue weighted by Crippen LogP contribution is 2.29. The third kappa shape index (κ3) is 3.89. The highest BCUT2D eigenvalue weighted by molar-refractivity contribution is 6.13. The molecule has 3 aromatic heterocycles. The van der Waals surface area contributed by atoms with Crippen molar-refractivity contribution in [3.8, 4) is 22.6 Å². The minimum atomic E-state index is -0.218. The van der Waals surface area contributed by atoms with Crippen LogP contribution >= 0.6 is 0 Å². The van der Waals surface area contributed by atoms with Gasteiger partial charge in [0.25, 0.3) is 5.91 Å². The van der Waals surface area contributed by atoms with Gasteiger partial charge in [0.05, 0.1) is 28.5 Å². The first kappa shape index (κ1) is 20.6. The first-order chi connectivity index (χ1) is 16.0. The molecule has 7 heteroatoms. The summed E-state index contributed by atoms with van der Waals surface area (Å²) >= 11 is 0. The molecule has 0 radical (unpaired) electrons. The number of nitrogens with zero attached hydrogens (tertiary/aromatic N) is 4. The molecule has 5 rings (SSSR count). The summed E-state index contributed by atoms with van der Waals surface area (Å²) in [6, 6.07) is 19.2. The molecular formula is C26H23N5O2. The molecule has 3 heterocycles. The van der Waals surface area contributed by atoms with Crippen LogP contribution in [0.3, 0.4) is 0 Å². The Balaban J connectivity index is 1.59. The van der Waals surface area contributed by atoms with E-state index < -0.39 is 0 Å². The lowest BCUT2D eigenvalue weighted by Gasteiger charge is -2.11. The number of carbonyl (C=O) groups excluding carboxylic acids is 1. The molecule has 0 saturated heterocycles. The zero-order valence-electron chi connectivity index (χ0n) is 18.7. The molecule has 0 fully saturated rings. The summed E-state index contributed by atoms with van der Waals surface area (Å²) in [5.41, 5.74) is 6.36. The van der Waals surface area contributed by atoms with E-state index in [9.17, 15) is 4.79 Å². The number of aromatic nitrogens is 4. The van der Waals surface area contributed by atoms with Gasteiger partial charge in [-0.25, -0.2) is 9.67 Å². The molecule has 0 atom stereocenters. The standard InChI is InChI=1S/C26H23N5O2/c1-4-31-25-24(17(3)30-31)21(15-22(29-25)18-10-8-16(2)9-11-18)26(32)28-20-7-5-6-19(14-20)23-12-13-27-33-23/h5-15H,4H2,1-3H3,(H,28,32). The second-order valence-electron chi connectivity index (χ2n) is 7.93. The first-order valence-corrected chi connectivity index (χ1v) is 10.8. The number of fused-ring (bicyclic) bond motifs is 1. The number of rotatable bonds is 5. The van der Waals surface area contributed by atoms with Crippen molar-refractivity contribution in [1.29, 1.82) is 0 Å². The molecule has 33 heavy (non-hydrogen) atoms. The van der Waals surface area contributed by atoms with Gasteiger partial charge in [-0.1, -0.05) is 47.1 Å². The summed E-state index contributed by atoms with van der Waals surface area (Å²) < 4.78 is 7.08. The predicted octanol–water partition coefficient (Wildman–Crippen LogP) is 5.64. The van der Waals surface area contributed by atoms with Crippen molar-refractivity contribution in [2.24, 2.45) is 0 Å². The fourth-order valence-corrected chi connectivity index (χ4v) is 3.94. The molecule has 5 aromatic rings. The quantitative estimate of drug-likeness (QED) is 0.384. The Morgan fingerprint density at radius 2 is 1.85 bits per heavy atom. The normalized spacial score (nSPS) is 11.1. The number of benzene rings is 2. The maximum Gasteiger partial charge on any atom is 0.256 e. The molecule has 0 spiro atoms. The lowest BCUT2D eigenvalue weighted by Crippen LogP contribution is -2.13. The zero-order valence-corrected chi connectivity index (χ0v) is 18.7. The molecule has 0 saturated carbocycles. The highest BCUT2D eigenvalue weighted by atomic mass is 16.5. The fourth-order valence-electron chi connectivity index (χ4n) is 3.94. The van der Waals surface area contributed by atoms with Crippen molar-refractivity contribution in [2.75, 3.05) is 5.32 Å². The number of hydrogen-bond acceptors (Lipinski definition) is 5. The van der Waals surface area contributed by atoms with Crippen molar-refractivity contribution in [3.05, 3.63) is 83.7 Å². The minimum Gasteiger partial charge on any atom is -0.356 e. The maximum atomic E-state index is 13.5. The van der Waals surface area contributed by atoms with Crippen LogP contribution in [0.5, 0.6) is 0 Å². The monoisotopic (exact) mass is 437 g/mol. The Bertz CT molecular complexity index is 1450. The number of aryl methyl sites for hydroxylation is 3. The molecule has 2 aromatic carbocycles. The van der Waals surface area contributed by atoms with Crippen LogP contribution in [0.2, 0.25) is 0 Å². The van der Waals surface area contributed by atoms with E-state index in [0.717, 1.165) is 27.9 Å². The van der Waals surface area contributed by atoms with E-state index in [1.807, 2.05) is 80.1 Å².